The van der Waals surface area contributed by atoms with Crippen LogP contribution in [0.1, 0.15) is 11.1 Å². The first-order valence-electron chi connectivity index (χ1n) is 7.20. The number of hydrogen-bond donors (Lipinski definition) is 0. The van der Waals surface area contributed by atoms with Gasteiger partial charge in [0.05, 0.1) is 23.7 Å². The predicted molar refractivity (Wildman–Crippen MR) is 93.9 cm³/mol. The normalized spacial score (nSPS) is 10.4. The molecule has 0 N–H and O–H groups in total. The van der Waals surface area contributed by atoms with Gasteiger partial charge in [-0.15, -0.1) is 6.42 Å². The molecule has 6 heteroatoms. The summed E-state index contributed by atoms with van der Waals surface area (Å²) in [5.41, 5.74) is 1.46. The van der Waals surface area contributed by atoms with Crippen molar-refractivity contribution in [3.63, 3.8) is 0 Å². The van der Waals surface area contributed by atoms with Crippen LogP contribution >= 0.6 is 0 Å². The summed E-state index contributed by atoms with van der Waals surface area (Å²) in [5.74, 6) is 3.49. The molecule has 25 heavy (non-hydrogen) atoms. The largest absolute Gasteiger partial charge is 0.497 e. The van der Waals surface area contributed by atoms with Crippen LogP contribution in [0.4, 0.5) is 5.69 Å². The van der Waals surface area contributed by atoms with Crippen molar-refractivity contribution >= 4 is 17.3 Å². The molecule has 0 aliphatic carbocycles. The van der Waals surface area contributed by atoms with Crippen molar-refractivity contribution in [3.05, 3.63) is 63.7 Å². The summed E-state index contributed by atoms with van der Waals surface area (Å²) in [6.07, 6.45) is 6.84. The van der Waals surface area contributed by atoms with Crippen molar-refractivity contribution < 1.29 is 14.4 Å². The van der Waals surface area contributed by atoms with E-state index in [0.29, 0.717) is 28.2 Å². The molecule has 0 radical (unpaired) electrons. The van der Waals surface area contributed by atoms with Crippen LogP contribution in [0.3, 0.4) is 0 Å². The first-order chi connectivity index (χ1) is 12.1. The Morgan fingerprint density at radius 1 is 1.32 bits per heavy atom. The molecule has 0 bridgehead atoms. The van der Waals surface area contributed by atoms with E-state index in [-0.39, 0.29) is 12.3 Å². The lowest BCUT2D eigenvalue weighted by Gasteiger charge is -2.09. The highest BCUT2D eigenvalue weighted by Gasteiger charge is 2.09. The fourth-order valence-corrected chi connectivity index (χ4v) is 2.12. The van der Waals surface area contributed by atoms with Crippen molar-refractivity contribution in [2.45, 2.75) is 0 Å². The van der Waals surface area contributed by atoms with Crippen LogP contribution < -0.4 is 9.47 Å². The molecule has 0 spiro atoms. The second-order valence-electron chi connectivity index (χ2n) is 4.87. The molecule has 0 unspecified atom stereocenters. The summed E-state index contributed by atoms with van der Waals surface area (Å²) < 4.78 is 10.7. The zero-order chi connectivity index (χ0) is 18.2. The number of nitro benzene ring substituents is 1. The van der Waals surface area contributed by atoms with E-state index >= 15 is 0 Å². The standard InChI is InChI=1S/C19H14N2O4/c1-3-10-25-19-9-8-18(24-2)12-15(19)11-16(13-20)14-4-6-17(7-5-14)21(22)23/h1,4-9,11-12H,10H2,2H3. The topological polar surface area (TPSA) is 85.4 Å². The third kappa shape index (κ3) is 4.37. The first kappa shape index (κ1) is 17.6. The quantitative estimate of drug-likeness (QED) is 0.264. The molecule has 0 fully saturated rings. The molecule has 2 rings (SSSR count). The third-order valence-electron chi connectivity index (χ3n) is 3.34. The molecule has 0 aliphatic rings. The minimum atomic E-state index is -0.493. The van der Waals surface area contributed by atoms with Crippen molar-refractivity contribution in [1.82, 2.24) is 0 Å². The van der Waals surface area contributed by atoms with E-state index in [1.165, 1.54) is 31.4 Å². The zero-order valence-corrected chi connectivity index (χ0v) is 13.4. The van der Waals surface area contributed by atoms with E-state index in [1.54, 1.807) is 24.3 Å². The van der Waals surface area contributed by atoms with E-state index in [2.05, 4.69) is 12.0 Å². The maximum atomic E-state index is 10.7. The van der Waals surface area contributed by atoms with Crippen LogP contribution in [0.25, 0.3) is 11.6 Å². The average Bonchev–Trinajstić information content (AvgIpc) is 2.64. The molecular weight excluding hydrogens is 320 g/mol. The Kier molecular flexibility index (Phi) is 5.76. The molecule has 0 aromatic heterocycles. The predicted octanol–water partition coefficient (Wildman–Crippen LogP) is 3.68. The van der Waals surface area contributed by atoms with E-state index in [0.717, 1.165) is 0 Å². The van der Waals surface area contributed by atoms with Gasteiger partial charge in [-0.05, 0) is 42.0 Å². The smallest absolute Gasteiger partial charge is 0.269 e. The second-order valence-corrected chi connectivity index (χ2v) is 4.87. The number of ether oxygens (including phenoxy) is 2. The van der Waals surface area contributed by atoms with Gasteiger partial charge in [-0.2, -0.15) is 5.26 Å². The van der Waals surface area contributed by atoms with Gasteiger partial charge in [0.1, 0.15) is 18.1 Å². The Morgan fingerprint density at radius 2 is 2.04 bits per heavy atom. The molecular formula is C19H14N2O4. The number of hydrogen-bond acceptors (Lipinski definition) is 5. The van der Waals surface area contributed by atoms with Crippen LogP contribution in [0.2, 0.25) is 0 Å². The molecule has 0 saturated carbocycles. The molecule has 0 heterocycles. The van der Waals surface area contributed by atoms with Gasteiger partial charge in [0.25, 0.3) is 5.69 Å². The van der Waals surface area contributed by atoms with E-state index in [9.17, 15) is 15.4 Å². The number of terminal acetylenes is 1. The van der Waals surface area contributed by atoms with E-state index in [1.807, 2.05) is 0 Å². The Balaban J connectivity index is 2.46. The van der Waals surface area contributed by atoms with Gasteiger partial charge in [-0.25, -0.2) is 0 Å². The van der Waals surface area contributed by atoms with Crippen LogP contribution in [0, 0.1) is 33.8 Å². The number of allylic oxidation sites excluding steroid dienone is 1. The fourth-order valence-electron chi connectivity index (χ4n) is 2.12. The molecule has 2 aromatic rings. The molecule has 6 nitrogen and oxygen atoms in total. The Labute approximate surface area is 145 Å². The molecule has 0 atom stereocenters. The van der Waals surface area contributed by atoms with Crippen molar-refractivity contribution in [1.29, 1.82) is 5.26 Å². The lowest BCUT2D eigenvalue weighted by Crippen LogP contribution is -1.96. The Bertz CT molecular complexity index is 887. The minimum Gasteiger partial charge on any atom is -0.497 e. The lowest BCUT2D eigenvalue weighted by atomic mass is 10.0. The van der Waals surface area contributed by atoms with Gasteiger partial charge >= 0.3 is 0 Å². The molecule has 124 valence electrons. The molecule has 2 aromatic carbocycles. The summed E-state index contributed by atoms with van der Waals surface area (Å²) >= 11 is 0. The highest BCUT2D eigenvalue weighted by atomic mass is 16.6. The molecule has 0 amide bonds. The van der Waals surface area contributed by atoms with Gasteiger partial charge < -0.3 is 9.47 Å². The van der Waals surface area contributed by atoms with Crippen molar-refractivity contribution in [2.24, 2.45) is 0 Å². The van der Waals surface area contributed by atoms with E-state index in [4.69, 9.17) is 15.9 Å². The SMILES string of the molecule is C#CCOc1ccc(OC)cc1C=C(C#N)c1ccc([N+](=O)[O-])cc1. The van der Waals surface area contributed by atoms with Crippen LogP contribution in [0.5, 0.6) is 11.5 Å². The van der Waals surface area contributed by atoms with Crippen LogP contribution in [-0.4, -0.2) is 18.6 Å². The fraction of sp³-hybridized carbons (Fsp3) is 0.105. The third-order valence-corrected chi connectivity index (χ3v) is 3.34. The number of rotatable bonds is 6. The monoisotopic (exact) mass is 334 g/mol. The summed E-state index contributed by atoms with van der Waals surface area (Å²) in [6, 6.07) is 13.0. The number of benzene rings is 2. The summed E-state index contributed by atoms with van der Waals surface area (Å²) in [4.78, 5) is 10.2. The van der Waals surface area contributed by atoms with Crippen molar-refractivity contribution in [3.8, 4) is 29.9 Å². The summed E-state index contributed by atoms with van der Waals surface area (Å²) in [6.45, 7) is 0.0899. The number of nitro groups is 1. The highest BCUT2D eigenvalue weighted by molar-refractivity contribution is 5.91. The Hall–Kier alpha value is -3.77. The maximum absolute atomic E-state index is 10.7. The van der Waals surface area contributed by atoms with Gasteiger partial charge in [-0.3, -0.25) is 10.1 Å². The highest BCUT2D eigenvalue weighted by Crippen LogP contribution is 2.29. The van der Waals surface area contributed by atoms with Gasteiger partial charge in [0.2, 0.25) is 0 Å². The van der Waals surface area contributed by atoms with Gasteiger partial charge in [0.15, 0.2) is 0 Å². The number of methoxy groups -OCH3 is 1. The Morgan fingerprint density at radius 3 is 2.60 bits per heavy atom. The van der Waals surface area contributed by atoms with Crippen LogP contribution in [-0.2, 0) is 0 Å². The maximum Gasteiger partial charge on any atom is 0.269 e. The van der Waals surface area contributed by atoms with Crippen molar-refractivity contribution in [2.75, 3.05) is 13.7 Å². The minimum absolute atomic E-state index is 0.0412. The zero-order valence-electron chi connectivity index (χ0n) is 13.4. The average molecular weight is 334 g/mol. The van der Waals surface area contributed by atoms with Gasteiger partial charge in [0, 0.05) is 17.7 Å². The van der Waals surface area contributed by atoms with E-state index < -0.39 is 4.92 Å². The van der Waals surface area contributed by atoms with Gasteiger partial charge in [-0.1, -0.05) is 5.92 Å². The molecule has 0 saturated heterocycles. The second kappa shape index (κ2) is 8.19. The first-order valence-corrected chi connectivity index (χ1v) is 7.20. The number of nitrogens with zero attached hydrogens (tertiary/aromatic N) is 2. The van der Waals surface area contributed by atoms with Crippen LogP contribution in [0.15, 0.2) is 42.5 Å². The number of nitriles is 1. The summed E-state index contributed by atoms with van der Waals surface area (Å²) in [5, 5.41) is 20.2. The number of non-ortho nitro benzene ring substituents is 1. The molecule has 0 aliphatic heterocycles. The summed E-state index contributed by atoms with van der Waals surface area (Å²) in [7, 11) is 1.53. The lowest BCUT2D eigenvalue weighted by molar-refractivity contribution is -0.384.